The van der Waals surface area contributed by atoms with Gasteiger partial charge in [-0.15, -0.1) is 0 Å². The predicted molar refractivity (Wildman–Crippen MR) is 68.9 cm³/mol. The van der Waals surface area contributed by atoms with E-state index in [0.29, 0.717) is 21.3 Å². The van der Waals surface area contributed by atoms with Crippen LogP contribution in [0, 0.1) is 6.92 Å². The molecule has 0 N–H and O–H groups in total. The van der Waals surface area contributed by atoms with Crippen molar-refractivity contribution in [1.82, 2.24) is 4.98 Å². The highest BCUT2D eigenvalue weighted by Gasteiger charge is 2.13. The number of carbonyl (C=O) groups excluding carboxylic acids is 1. The van der Waals surface area contributed by atoms with Gasteiger partial charge in [-0.3, -0.25) is 9.78 Å². The van der Waals surface area contributed by atoms with Crippen LogP contribution in [0.4, 0.5) is 0 Å². The van der Waals surface area contributed by atoms with Gasteiger partial charge in [0, 0.05) is 11.8 Å². The summed E-state index contributed by atoms with van der Waals surface area (Å²) in [6, 6.07) is 8.44. The van der Waals surface area contributed by atoms with Gasteiger partial charge in [-0.2, -0.15) is 0 Å². The van der Waals surface area contributed by atoms with Crippen molar-refractivity contribution in [3.8, 4) is 0 Å². The van der Waals surface area contributed by atoms with Gasteiger partial charge in [-0.25, -0.2) is 0 Å². The lowest BCUT2D eigenvalue weighted by Crippen LogP contribution is -2.06. The van der Waals surface area contributed by atoms with Crippen molar-refractivity contribution < 1.29 is 4.79 Å². The van der Waals surface area contributed by atoms with Crippen LogP contribution >= 0.6 is 23.2 Å². The topological polar surface area (TPSA) is 30.0 Å². The maximum atomic E-state index is 12.2. The average molecular weight is 266 g/mol. The molecule has 0 bridgehead atoms. The Morgan fingerprint density at radius 3 is 2.59 bits per heavy atom. The summed E-state index contributed by atoms with van der Waals surface area (Å²) in [5.74, 6) is -0.151. The lowest BCUT2D eigenvalue weighted by Gasteiger charge is -2.04. The Bertz CT molecular complexity index is 581. The van der Waals surface area contributed by atoms with Crippen molar-refractivity contribution in [3.05, 3.63) is 63.4 Å². The van der Waals surface area contributed by atoms with Crippen molar-refractivity contribution in [2.45, 2.75) is 6.92 Å². The lowest BCUT2D eigenvalue weighted by atomic mass is 10.0. The number of aromatic nitrogens is 1. The number of carbonyl (C=O) groups is 1. The van der Waals surface area contributed by atoms with E-state index in [2.05, 4.69) is 4.98 Å². The zero-order chi connectivity index (χ0) is 12.4. The number of ketones is 1. The molecular formula is C13H9Cl2NO. The van der Waals surface area contributed by atoms with Crippen LogP contribution in [0.2, 0.25) is 10.0 Å². The molecule has 0 atom stereocenters. The van der Waals surface area contributed by atoms with E-state index in [-0.39, 0.29) is 5.78 Å². The number of rotatable bonds is 2. The average Bonchev–Trinajstić information content (AvgIpc) is 2.32. The van der Waals surface area contributed by atoms with Crippen LogP contribution in [-0.2, 0) is 0 Å². The SMILES string of the molecule is Cc1cccnc1C(=O)c1ccc(Cl)c(Cl)c1. The van der Waals surface area contributed by atoms with E-state index < -0.39 is 0 Å². The molecule has 0 aliphatic carbocycles. The molecule has 2 nitrogen and oxygen atoms in total. The lowest BCUT2D eigenvalue weighted by molar-refractivity contribution is 0.103. The van der Waals surface area contributed by atoms with E-state index >= 15 is 0 Å². The van der Waals surface area contributed by atoms with Crippen molar-refractivity contribution in [3.63, 3.8) is 0 Å². The Morgan fingerprint density at radius 1 is 1.18 bits per heavy atom. The smallest absolute Gasteiger partial charge is 0.211 e. The van der Waals surface area contributed by atoms with Crippen molar-refractivity contribution in [2.24, 2.45) is 0 Å². The van der Waals surface area contributed by atoms with Crippen LogP contribution in [0.15, 0.2) is 36.5 Å². The number of benzene rings is 1. The first kappa shape index (κ1) is 12.1. The van der Waals surface area contributed by atoms with Crippen molar-refractivity contribution >= 4 is 29.0 Å². The number of hydrogen-bond donors (Lipinski definition) is 0. The summed E-state index contributed by atoms with van der Waals surface area (Å²) in [4.78, 5) is 16.2. The van der Waals surface area contributed by atoms with Crippen molar-refractivity contribution in [2.75, 3.05) is 0 Å². The molecule has 0 fully saturated rings. The monoisotopic (exact) mass is 265 g/mol. The number of hydrogen-bond acceptors (Lipinski definition) is 2. The van der Waals surface area contributed by atoms with Crippen LogP contribution < -0.4 is 0 Å². The highest BCUT2D eigenvalue weighted by atomic mass is 35.5. The minimum atomic E-state index is -0.151. The van der Waals surface area contributed by atoms with Gasteiger partial charge in [0.25, 0.3) is 0 Å². The summed E-state index contributed by atoms with van der Waals surface area (Å²) in [5.41, 5.74) is 1.76. The third kappa shape index (κ3) is 2.48. The molecule has 0 spiro atoms. The van der Waals surface area contributed by atoms with Gasteiger partial charge in [0.15, 0.2) is 0 Å². The molecule has 86 valence electrons. The second kappa shape index (κ2) is 4.86. The quantitative estimate of drug-likeness (QED) is 0.771. The normalized spacial score (nSPS) is 10.3. The molecule has 0 aliphatic heterocycles. The Morgan fingerprint density at radius 2 is 1.94 bits per heavy atom. The molecule has 0 amide bonds. The molecule has 4 heteroatoms. The minimum absolute atomic E-state index is 0.151. The Kier molecular flexibility index (Phi) is 3.46. The van der Waals surface area contributed by atoms with Gasteiger partial charge >= 0.3 is 0 Å². The summed E-state index contributed by atoms with van der Waals surface area (Å²) in [6.07, 6.45) is 1.59. The summed E-state index contributed by atoms with van der Waals surface area (Å²) in [6.45, 7) is 1.84. The first-order valence-electron chi connectivity index (χ1n) is 5.01. The molecule has 0 radical (unpaired) electrons. The summed E-state index contributed by atoms with van der Waals surface area (Å²) in [5, 5.41) is 0.798. The maximum absolute atomic E-state index is 12.2. The minimum Gasteiger partial charge on any atom is -0.287 e. The molecule has 2 aromatic rings. The first-order valence-corrected chi connectivity index (χ1v) is 5.76. The predicted octanol–water partition coefficient (Wildman–Crippen LogP) is 3.93. The van der Waals surface area contributed by atoms with E-state index in [4.69, 9.17) is 23.2 Å². The van der Waals surface area contributed by atoms with Gasteiger partial charge < -0.3 is 0 Å². The van der Waals surface area contributed by atoms with Crippen LogP contribution in [0.5, 0.6) is 0 Å². The van der Waals surface area contributed by atoms with E-state index in [1.807, 2.05) is 13.0 Å². The number of nitrogens with zero attached hydrogens (tertiary/aromatic N) is 1. The Labute approximate surface area is 109 Å². The van der Waals surface area contributed by atoms with Crippen molar-refractivity contribution in [1.29, 1.82) is 0 Å². The van der Waals surface area contributed by atoms with Crippen LogP contribution in [0.25, 0.3) is 0 Å². The van der Waals surface area contributed by atoms with E-state index in [0.717, 1.165) is 5.56 Å². The zero-order valence-electron chi connectivity index (χ0n) is 9.08. The largest absolute Gasteiger partial charge is 0.287 e. The zero-order valence-corrected chi connectivity index (χ0v) is 10.6. The number of aryl methyl sites for hydroxylation is 1. The standard InChI is InChI=1S/C13H9Cl2NO/c1-8-3-2-6-16-12(8)13(17)9-4-5-10(14)11(15)7-9/h2-7H,1H3. The van der Waals surface area contributed by atoms with Crippen LogP contribution in [-0.4, -0.2) is 10.8 Å². The molecule has 1 heterocycles. The van der Waals surface area contributed by atoms with E-state index in [1.54, 1.807) is 30.5 Å². The van der Waals surface area contributed by atoms with Crippen LogP contribution in [0.3, 0.4) is 0 Å². The fourth-order valence-electron chi connectivity index (χ4n) is 1.50. The highest BCUT2D eigenvalue weighted by molar-refractivity contribution is 6.42. The molecule has 0 aliphatic rings. The third-order valence-electron chi connectivity index (χ3n) is 2.41. The fraction of sp³-hybridized carbons (Fsp3) is 0.0769. The molecule has 0 unspecified atom stereocenters. The van der Waals surface area contributed by atoms with Gasteiger partial charge in [-0.05, 0) is 36.8 Å². The summed E-state index contributed by atoms with van der Waals surface area (Å²) < 4.78 is 0. The number of halogens is 2. The first-order chi connectivity index (χ1) is 8.09. The molecule has 2 rings (SSSR count). The van der Waals surface area contributed by atoms with Crippen LogP contribution in [0.1, 0.15) is 21.6 Å². The number of pyridine rings is 1. The fourth-order valence-corrected chi connectivity index (χ4v) is 1.80. The van der Waals surface area contributed by atoms with Gasteiger partial charge in [-0.1, -0.05) is 29.3 Å². The molecule has 1 aromatic carbocycles. The molecule has 1 aromatic heterocycles. The Balaban J connectivity index is 2.44. The summed E-state index contributed by atoms with van der Waals surface area (Å²) >= 11 is 11.7. The third-order valence-corrected chi connectivity index (χ3v) is 3.15. The van der Waals surface area contributed by atoms with E-state index in [9.17, 15) is 4.79 Å². The van der Waals surface area contributed by atoms with E-state index in [1.165, 1.54) is 0 Å². The summed E-state index contributed by atoms with van der Waals surface area (Å²) in [7, 11) is 0. The molecule has 0 saturated heterocycles. The van der Waals surface area contributed by atoms with Gasteiger partial charge in [0.05, 0.1) is 10.0 Å². The highest BCUT2D eigenvalue weighted by Crippen LogP contribution is 2.24. The second-order valence-electron chi connectivity index (χ2n) is 3.63. The van der Waals surface area contributed by atoms with Gasteiger partial charge in [0.2, 0.25) is 5.78 Å². The maximum Gasteiger partial charge on any atom is 0.211 e. The Hall–Kier alpha value is -1.38. The molecule has 0 saturated carbocycles. The van der Waals surface area contributed by atoms with Gasteiger partial charge in [0.1, 0.15) is 5.69 Å². The molecular weight excluding hydrogens is 257 g/mol. The molecule has 17 heavy (non-hydrogen) atoms. The second-order valence-corrected chi connectivity index (χ2v) is 4.44.